The molecule has 1 fully saturated rings. The molecule has 0 atom stereocenters. The lowest BCUT2D eigenvalue weighted by Gasteiger charge is -2.19. The Morgan fingerprint density at radius 1 is 1.50 bits per heavy atom. The summed E-state index contributed by atoms with van der Waals surface area (Å²) in [4.78, 5) is 2.08. The molecule has 1 saturated carbocycles. The van der Waals surface area contributed by atoms with Gasteiger partial charge in [0, 0.05) is 31.6 Å². The minimum Gasteiger partial charge on any atom is -0.398 e. The highest BCUT2D eigenvalue weighted by Gasteiger charge is 2.20. The van der Waals surface area contributed by atoms with E-state index in [1.54, 1.807) is 6.07 Å². The molecule has 96 valence electrons. The van der Waals surface area contributed by atoms with E-state index >= 15 is 0 Å². The van der Waals surface area contributed by atoms with Crippen molar-refractivity contribution in [3.8, 4) is 6.07 Å². The van der Waals surface area contributed by atoms with E-state index in [1.807, 2.05) is 19.2 Å². The molecule has 1 aliphatic carbocycles. The van der Waals surface area contributed by atoms with Gasteiger partial charge in [0.1, 0.15) is 6.07 Å². The molecule has 2 N–H and O–H groups in total. The molecule has 0 aromatic heterocycles. The Bertz CT molecular complexity index is 449. The van der Waals surface area contributed by atoms with Crippen LogP contribution in [0.3, 0.4) is 0 Å². The summed E-state index contributed by atoms with van der Waals surface area (Å²) in [6, 6.07) is 7.61. The predicted molar refractivity (Wildman–Crippen MR) is 72.4 cm³/mol. The summed E-state index contributed by atoms with van der Waals surface area (Å²) in [6.45, 7) is 2.43. The first-order valence-corrected chi connectivity index (χ1v) is 6.29. The van der Waals surface area contributed by atoms with Crippen LogP contribution in [0.25, 0.3) is 0 Å². The number of nitrogen functional groups attached to an aromatic ring is 1. The third-order valence-electron chi connectivity index (χ3n) is 3.22. The lowest BCUT2D eigenvalue weighted by Crippen LogP contribution is -2.23. The van der Waals surface area contributed by atoms with E-state index in [9.17, 15) is 0 Å². The number of anilines is 2. The van der Waals surface area contributed by atoms with Gasteiger partial charge in [-0.3, -0.25) is 0 Å². The normalized spacial score (nSPS) is 14.2. The molecule has 0 amide bonds. The zero-order valence-corrected chi connectivity index (χ0v) is 10.7. The number of hydrogen-bond donors (Lipinski definition) is 1. The topological polar surface area (TPSA) is 62.3 Å². The maximum atomic E-state index is 8.93. The molecule has 2 rings (SSSR count). The van der Waals surface area contributed by atoms with Gasteiger partial charge in [-0.2, -0.15) is 5.26 Å². The second-order valence-corrected chi connectivity index (χ2v) is 4.82. The van der Waals surface area contributed by atoms with E-state index in [0.717, 1.165) is 31.4 Å². The lowest BCUT2D eigenvalue weighted by molar-refractivity contribution is 0.131. The number of nitrogens with two attached hydrogens (primary N) is 1. The first kappa shape index (κ1) is 12.7. The van der Waals surface area contributed by atoms with Gasteiger partial charge in [0.15, 0.2) is 0 Å². The van der Waals surface area contributed by atoms with Gasteiger partial charge in [-0.25, -0.2) is 0 Å². The van der Waals surface area contributed by atoms with Crippen LogP contribution in [0, 0.1) is 17.2 Å². The fourth-order valence-electron chi connectivity index (χ4n) is 1.74. The van der Waals surface area contributed by atoms with Gasteiger partial charge in [0.05, 0.1) is 12.2 Å². The quantitative estimate of drug-likeness (QED) is 0.615. The molecule has 0 bridgehead atoms. The molecule has 0 radical (unpaired) electrons. The van der Waals surface area contributed by atoms with Crippen LogP contribution in [0.5, 0.6) is 0 Å². The summed E-state index contributed by atoms with van der Waals surface area (Å²) >= 11 is 0. The summed E-state index contributed by atoms with van der Waals surface area (Å²) in [5, 5.41) is 8.93. The van der Waals surface area contributed by atoms with Crippen molar-refractivity contribution in [3.05, 3.63) is 23.8 Å². The first-order chi connectivity index (χ1) is 8.70. The van der Waals surface area contributed by atoms with Crippen LogP contribution in [0.1, 0.15) is 18.4 Å². The third kappa shape index (κ3) is 3.38. The molecule has 1 aromatic rings. The van der Waals surface area contributed by atoms with Gasteiger partial charge in [-0.1, -0.05) is 0 Å². The molecular formula is C14H19N3O. The Morgan fingerprint density at radius 2 is 2.28 bits per heavy atom. The predicted octanol–water partition coefficient (Wildman–Crippen LogP) is 2.00. The monoisotopic (exact) mass is 245 g/mol. The number of rotatable bonds is 6. The van der Waals surface area contributed by atoms with E-state index < -0.39 is 0 Å². The molecule has 0 unspecified atom stereocenters. The lowest BCUT2D eigenvalue weighted by atomic mass is 10.1. The van der Waals surface area contributed by atoms with Crippen LogP contribution >= 0.6 is 0 Å². The van der Waals surface area contributed by atoms with Crippen LogP contribution in [0.2, 0.25) is 0 Å². The highest BCUT2D eigenvalue weighted by Crippen LogP contribution is 2.28. The number of benzene rings is 1. The van der Waals surface area contributed by atoms with E-state index in [-0.39, 0.29) is 0 Å². The van der Waals surface area contributed by atoms with Crippen molar-refractivity contribution in [2.24, 2.45) is 5.92 Å². The highest BCUT2D eigenvalue weighted by atomic mass is 16.5. The van der Waals surface area contributed by atoms with Crippen molar-refractivity contribution in [1.29, 1.82) is 5.26 Å². The average Bonchev–Trinajstić information content (AvgIpc) is 3.19. The fourth-order valence-corrected chi connectivity index (χ4v) is 1.74. The molecule has 0 aliphatic heterocycles. The Kier molecular flexibility index (Phi) is 4.06. The molecule has 1 aliphatic rings. The largest absolute Gasteiger partial charge is 0.398 e. The number of nitriles is 1. The highest BCUT2D eigenvalue weighted by molar-refractivity contribution is 5.62. The zero-order chi connectivity index (χ0) is 13.0. The number of hydrogen-bond acceptors (Lipinski definition) is 4. The smallest absolute Gasteiger partial charge is 0.101 e. The summed E-state index contributed by atoms with van der Waals surface area (Å²) < 4.78 is 5.60. The number of nitrogens with zero attached hydrogens (tertiary/aromatic N) is 2. The van der Waals surface area contributed by atoms with E-state index in [4.69, 9.17) is 15.7 Å². The summed E-state index contributed by atoms with van der Waals surface area (Å²) in [6.07, 6.45) is 2.64. The summed E-state index contributed by atoms with van der Waals surface area (Å²) in [7, 11) is 1.99. The standard InChI is InChI=1S/C14H19N3O/c1-17(6-7-18-10-11-2-3-11)13-4-5-14(16)12(8-13)9-15/h4-5,8,11H,2-3,6-7,10,16H2,1H3. The Balaban J connectivity index is 1.83. The Morgan fingerprint density at radius 3 is 2.94 bits per heavy atom. The van der Waals surface area contributed by atoms with Gasteiger partial charge < -0.3 is 15.4 Å². The molecule has 4 nitrogen and oxygen atoms in total. The van der Waals surface area contributed by atoms with Crippen LogP contribution < -0.4 is 10.6 Å². The zero-order valence-electron chi connectivity index (χ0n) is 10.7. The number of ether oxygens (including phenoxy) is 1. The molecule has 18 heavy (non-hydrogen) atoms. The second-order valence-electron chi connectivity index (χ2n) is 4.82. The maximum Gasteiger partial charge on any atom is 0.101 e. The minimum atomic E-state index is 0.526. The second kappa shape index (κ2) is 5.74. The van der Waals surface area contributed by atoms with Gasteiger partial charge in [-0.15, -0.1) is 0 Å². The van der Waals surface area contributed by atoms with Crippen molar-refractivity contribution in [1.82, 2.24) is 0 Å². The average molecular weight is 245 g/mol. The van der Waals surface area contributed by atoms with Gasteiger partial charge >= 0.3 is 0 Å². The van der Waals surface area contributed by atoms with Crippen LogP contribution in [0.4, 0.5) is 11.4 Å². The van der Waals surface area contributed by atoms with Crippen LogP contribution in [0.15, 0.2) is 18.2 Å². The minimum absolute atomic E-state index is 0.526. The molecule has 0 spiro atoms. The van der Waals surface area contributed by atoms with Crippen LogP contribution in [-0.4, -0.2) is 26.8 Å². The molecule has 1 aromatic carbocycles. The van der Waals surface area contributed by atoms with E-state index in [1.165, 1.54) is 12.8 Å². The fraction of sp³-hybridized carbons (Fsp3) is 0.500. The van der Waals surface area contributed by atoms with Gasteiger partial charge in [0.25, 0.3) is 0 Å². The summed E-state index contributed by atoms with van der Waals surface area (Å²) in [5.74, 6) is 0.803. The molecule has 4 heteroatoms. The van der Waals surface area contributed by atoms with Crippen molar-refractivity contribution in [3.63, 3.8) is 0 Å². The maximum absolute atomic E-state index is 8.93. The molecular weight excluding hydrogens is 226 g/mol. The Labute approximate surface area is 108 Å². The van der Waals surface area contributed by atoms with Crippen molar-refractivity contribution < 1.29 is 4.74 Å². The van der Waals surface area contributed by atoms with Crippen molar-refractivity contribution in [2.45, 2.75) is 12.8 Å². The summed E-state index contributed by atoms with van der Waals surface area (Å²) in [5.41, 5.74) is 7.75. The number of likely N-dealkylation sites (N-methyl/N-ethyl adjacent to an activating group) is 1. The van der Waals surface area contributed by atoms with E-state index in [0.29, 0.717) is 11.3 Å². The molecule has 0 heterocycles. The van der Waals surface area contributed by atoms with Gasteiger partial charge in [0.2, 0.25) is 0 Å². The van der Waals surface area contributed by atoms with Gasteiger partial charge in [-0.05, 0) is 37.0 Å². The van der Waals surface area contributed by atoms with Crippen LogP contribution in [-0.2, 0) is 4.74 Å². The first-order valence-electron chi connectivity index (χ1n) is 6.29. The van der Waals surface area contributed by atoms with Crippen molar-refractivity contribution >= 4 is 11.4 Å². The SMILES string of the molecule is CN(CCOCC1CC1)c1ccc(N)c(C#N)c1. The van der Waals surface area contributed by atoms with E-state index in [2.05, 4.69) is 11.0 Å². The Hall–Kier alpha value is -1.73. The molecule has 0 saturated heterocycles. The van der Waals surface area contributed by atoms with Crippen molar-refractivity contribution in [2.75, 3.05) is 37.4 Å². The third-order valence-corrected chi connectivity index (χ3v) is 3.22.